The predicted octanol–water partition coefficient (Wildman–Crippen LogP) is 2.67. The zero-order chi connectivity index (χ0) is 18.5. The van der Waals surface area contributed by atoms with Crippen LogP contribution in [0.25, 0.3) is 0 Å². The SMILES string of the molecule is CCCc1cc(N2CCC(N[C@@H](C)c3ncnn3CC)CC2)nc(C)n1. The Hall–Kier alpha value is -2.02. The van der Waals surface area contributed by atoms with E-state index in [1.165, 1.54) is 0 Å². The van der Waals surface area contributed by atoms with Crippen molar-refractivity contribution >= 4 is 5.82 Å². The van der Waals surface area contributed by atoms with Crippen LogP contribution in [-0.4, -0.2) is 43.9 Å². The zero-order valence-corrected chi connectivity index (χ0v) is 16.4. The molecule has 0 aliphatic carbocycles. The summed E-state index contributed by atoms with van der Waals surface area (Å²) in [6.07, 6.45) is 5.99. The lowest BCUT2D eigenvalue weighted by Crippen LogP contribution is -2.44. The van der Waals surface area contributed by atoms with Gasteiger partial charge in [-0.15, -0.1) is 0 Å². The molecule has 0 radical (unpaired) electrons. The highest BCUT2D eigenvalue weighted by molar-refractivity contribution is 5.40. The fourth-order valence-electron chi connectivity index (χ4n) is 3.71. The molecule has 1 atom stereocenters. The van der Waals surface area contributed by atoms with E-state index in [1.54, 1.807) is 6.33 Å². The number of aromatic nitrogens is 5. The maximum atomic E-state index is 4.66. The van der Waals surface area contributed by atoms with Crippen LogP contribution in [0.15, 0.2) is 12.4 Å². The first kappa shape index (κ1) is 18.8. The summed E-state index contributed by atoms with van der Waals surface area (Å²) >= 11 is 0. The smallest absolute Gasteiger partial charge is 0.143 e. The lowest BCUT2D eigenvalue weighted by atomic mass is 10.0. The summed E-state index contributed by atoms with van der Waals surface area (Å²) in [5.74, 6) is 2.97. The molecular weight excluding hydrogens is 326 g/mol. The molecule has 142 valence electrons. The molecule has 1 aliphatic heterocycles. The second-order valence-corrected chi connectivity index (χ2v) is 7.10. The summed E-state index contributed by atoms with van der Waals surface area (Å²) in [5, 5.41) is 8.00. The standard InChI is InChI=1S/C19H31N7/c1-5-7-17-12-18(24-15(4)23-17)25-10-8-16(9-11-25)22-14(3)19-20-13-21-26(19)6-2/h12-14,16,22H,5-11H2,1-4H3/t14-/m0/s1. The van der Waals surface area contributed by atoms with Crippen molar-refractivity contribution in [2.45, 2.75) is 72.0 Å². The van der Waals surface area contributed by atoms with Gasteiger partial charge in [-0.3, -0.25) is 0 Å². The van der Waals surface area contributed by atoms with Gasteiger partial charge < -0.3 is 10.2 Å². The minimum Gasteiger partial charge on any atom is -0.356 e. The number of aryl methyl sites for hydroxylation is 3. The Morgan fingerprint density at radius 3 is 2.69 bits per heavy atom. The van der Waals surface area contributed by atoms with Crippen molar-refractivity contribution in [3.8, 4) is 0 Å². The molecule has 1 N–H and O–H groups in total. The molecule has 26 heavy (non-hydrogen) atoms. The van der Waals surface area contributed by atoms with Gasteiger partial charge in [0.2, 0.25) is 0 Å². The fourth-order valence-corrected chi connectivity index (χ4v) is 3.71. The van der Waals surface area contributed by atoms with Gasteiger partial charge in [-0.1, -0.05) is 13.3 Å². The second kappa shape index (κ2) is 8.58. The van der Waals surface area contributed by atoms with E-state index in [2.05, 4.69) is 57.1 Å². The first-order chi connectivity index (χ1) is 12.6. The highest BCUT2D eigenvalue weighted by atomic mass is 15.3. The Bertz CT molecular complexity index is 704. The number of hydrogen-bond acceptors (Lipinski definition) is 6. The third-order valence-corrected chi connectivity index (χ3v) is 5.02. The number of anilines is 1. The molecular formula is C19H31N7. The van der Waals surface area contributed by atoms with Crippen molar-refractivity contribution < 1.29 is 0 Å². The van der Waals surface area contributed by atoms with Crippen LogP contribution in [0.4, 0.5) is 5.82 Å². The zero-order valence-electron chi connectivity index (χ0n) is 16.4. The first-order valence-electron chi connectivity index (χ1n) is 9.84. The van der Waals surface area contributed by atoms with Crippen LogP contribution >= 0.6 is 0 Å². The third-order valence-electron chi connectivity index (χ3n) is 5.02. The van der Waals surface area contributed by atoms with Crippen LogP contribution in [0.5, 0.6) is 0 Å². The van der Waals surface area contributed by atoms with Gasteiger partial charge in [0.1, 0.15) is 23.8 Å². The summed E-state index contributed by atoms with van der Waals surface area (Å²) in [6, 6.07) is 2.88. The second-order valence-electron chi connectivity index (χ2n) is 7.10. The van der Waals surface area contributed by atoms with Gasteiger partial charge in [-0.2, -0.15) is 5.10 Å². The quantitative estimate of drug-likeness (QED) is 0.821. The van der Waals surface area contributed by atoms with Crippen molar-refractivity contribution in [2.75, 3.05) is 18.0 Å². The minimum atomic E-state index is 0.214. The van der Waals surface area contributed by atoms with Gasteiger partial charge in [0.25, 0.3) is 0 Å². The van der Waals surface area contributed by atoms with Crippen molar-refractivity contribution in [3.63, 3.8) is 0 Å². The topological polar surface area (TPSA) is 71.8 Å². The Kier molecular flexibility index (Phi) is 6.19. The molecule has 1 fully saturated rings. The van der Waals surface area contributed by atoms with Crippen molar-refractivity contribution in [1.29, 1.82) is 0 Å². The van der Waals surface area contributed by atoms with Crippen LogP contribution in [0.2, 0.25) is 0 Å². The minimum absolute atomic E-state index is 0.214. The predicted molar refractivity (Wildman–Crippen MR) is 103 cm³/mol. The van der Waals surface area contributed by atoms with Crippen LogP contribution in [0.1, 0.15) is 63.4 Å². The normalized spacial score (nSPS) is 16.8. The van der Waals surface area contributed by atoms with Gasteiger partial charge in [0, 0.05) is 37.4 Å². The summed E-state index contributed by atoms with van der Waals surface area (Å²) in [5.41, 5.74) is 1.16. The van der Waals surface area contributed by atoms with Gasteiger partial charge in [0.05, 0.1) is 6.04 Å². The van der Waals surface area contributed by atoms with Gasteiger partial charge in [-0.25, -0.2) is 19.6 Å². The first-order valence-corrected chi connectivity index (χ1v) is 9.84. The van der Waals surface area contributed by atoms with E-state index in [-0.39, 0.29) is 6.04 Å². The maximum Gasteiger partial charge on any atom is 0.143 e. The highest BCUT2D eigenvalue weighted by Gasteiger charge is 2.23. The van der Waals surface area contributed by atoms with Crippen LogP contribution in [0.3, 0.4) is 0 Å². The Labute approximate surface area is 156 Å². The fraction of sp³-hybridized carbons (Fsp3) is 0.684. The molecule has 2 aromatic rings. The molecule has 0 spiro atoms. The Morgan fingerprint density at radius 2 is 2.00 bits per heavy atom. The number of hydrogen-bond donors (Lipinski definition) is 1. The van der Waals surface area contributed by atoms with E-state index in [9.17, 15) is 0 Å². The van der Waals surface area contributed by atoms with E-state index >= 15 is 0 Å². The largest absolute Gasteiger partial charge is 0.356 e. The average Bonchev–Trinajstić information content (AvgIpc) is 3.11. The molecule has 0 bridgehead atoms. The number of piperidine rings is 1. The van der Waals surface area contributed by atoms with Crippen molar-refractivity contribution in [3.05, 3.63) is 29.7 Å². The molecule has 0 unspecified atom stereocenters. The lowest BCUT2D eigenvalue weighted by Gasteiger charge is -2.34. The van der Waals surface area contributed by atoms with Gasteiger partial charge in [0.15, 0.2) is 0 Å². The molecule has 2 aromatic heterocycles. The van der Waals surface area contributed by atoms with E-state index in [1.807, 2.05) is 11.6 Å². The molecule has 3 heterocycles. The number of rotatable bonds is 7. The van der Waals surface area contributed by atoms with Gasteiger partial charge >= 0.3 is 0 Å². The Morgan fingerprint density at radius 1 is 1.23 bits per heavy atom. The Balaban J connectivity index is 1.57. The average molecular weight is 358 g/mol. The van der Waals surface area contributed by atoms with Crippen LogP contribution in [0, 0.1) is 6.92 Å². The number of nitrogens with one attached hydrogen (secondary N) is 1. The molecule has 1 saturated heterocycles. The summed E-state index contributed by atoms with van der Waals surface area (Å²) in [6.45, 7) is 11.3. The van der Waals surface area contributed by atoms with E-state index < -0.39 is 0 Å². The molecule has 7 nitrogen and oxygen atoms in total. The van der Waals surface area contributed by atoms with Crippen molar-refractivity contribution in [1.82, 2.24) is 30.0 Å². The van der Waals surface area contributed by atoms with Gasteiger partial charge in [-0.05, 0) is 40.0 Å². The van der Waals surface area contributed by atoms with Crippen LogP contribution < -0.4 is 10.2 Å². The number of nitrogens with zero attached hydrogens (tertiary/aromatic N) is 6. The summed E-state index contributed by atoms with van der Waals surface area (Å²) in [7, 11) is 0. The summed E-state index contributed by atoms with van der Waals surface area (Å²) in [4.78, 5) is 16.0. The van der Waals surface area contributed by atoms with Crippen molar-refractivity contribution in [2.24, 2.45) is 0 Å². The maximum absolute atomic E-state index is 4.66. The molecule has 7 heteroatoms. The third kappa shape index (κ3) is 4.38. The summed E-state index contributed by atoms with van der Waals surface area (Å²) < 4.78 is 1.96. The van der Waals surface area contributed by atoms with E-state index in [4.69, 9.17) is 0 Å². The lowest BCUT2D eigenvalue weighted by molar-refractivity contribution is 0.365. The molecule has 0 saturated carbocycles. The molecule has 0 aromatic carbocycles. The molecule has 1 aliphatic rings. The van der Waals surface area contributed by atoms with E-state index in [0.717, 1.165) is 68.5 Å². The highest BCUT2D eigenvalue weighted by Crippen LogP contribution is 2.21. The monoisotopic (exact) mass is 357 g/mol. The van der Waals surface area contributed by atoms with E-state index in [0.29, 0.717) is 6.04 Å². The molecule has 0 amide bonds. The van der Waals surface area contributed by atoms with Crippen LogP contribution in [-0.2, 0) is 13.0 Å². The molecule has 3 rings (SSSR count).